The van der Waals surface area contributed by atoms with E-state index in [-0.39, 0.29) is 12.1 Å². The highest BCUT2D eigenvalue weighted by Crippen LogP contribution is 2.25. The fourth-order valence-corrected chi connectivity index (χ4v) is 2.36. The van der Waals surface area contributed by atoms with Crippen molar-refractivity contribution >= 4 is 35.8 Å². The molecule has 21 heavy (non-hydrogen) atoms. The Morgan fingerprint density at radius 2 is 1.71 bits per heavy atom. The quantitative estimate of drug-likeness (QED) is 0.827. The minimum atomic E-state index is -1.61. The first-order chi connectivity index (χ1) is 9.99. The zero-order chi connectivity index (χ0) is 15.4. The smallest absolute Gasteiger partial charge is 0.492 e. The molecule has 0 bridgehead atoms. The van der Waals surface area contributed by atoms with Crippen LogP contribution >= 0.6 is 23.2 Å². The Hall–Kier alpha value is -1.40. The number of halogens is 2. The molecule has 2 rings (SSSR count). The summed E-state index contributed by atoms with van der Waals surface area (Å²) in [6.45, 7) is 0.236. The average molecular weight is 327 g/mol. The van der Waals surface area contributed by atoms with Crippen molar-refractivity contribution in [1.29, 1.82) is 0 Å². The molecule has 0 spiro atoms. The van der Waals surface area contributed by atoms with E-state index in [2.05, 4.69) is 0 Å². The molecule has 7 heteroatoms. The van der Waals surface area contributed by atoms with Crippen LogP contribution in [0.25, 0.3) is 0 Å². The lowest BCUT2D eigenvalue weighted by atomic mass is 9.79. The van der Waals surface area contributed by atoms with E-state index in [9.17, 15) is 10.0 Å². The van der Waals surface area contributed by atoms with Crippen molar-refractivity contribution in [2.75, 3.05) is 7.11 Å². The molecule has 0 aliphatic carbocycles. The first kappa shape index (κ1) is 16.0. The summed E-state index contributed by atoms with van der Waals surface area (Å²) in [6, 6.07) is 9.95. The van der Waals surface area contributed by atoms with Crippen LogP contribution in [0.2, 0.25) is 10.0 Å². The summed E-state index contributed by atoms with van der Waals surface area (Å²) in [7, 11) is -0.147. The number of hydrogen-bond donors (Lipinski definition) is 2. The zero-order valence-electron chi connectivity index (χ0n) is 11.2. The van der Waals surface area contributed by atoms with Gasteiger partial charge in [-0.25, -0.2) is 0 Å². The second-order valence-corrected chi connectivity index (χ2v) is 5.22. The summed E-state index contributed by atoms with van der Waals surface area (Å²) >= 11 is 11.8. The standard InChI is InChI=1S/C14H13BCl2O4/c1-20-14-3-2-9(4-13(14)15(18)19)8-21-12-6-10(16)5-11(17)7-12/h2-7,18-19H,8H2,1H3. The SMILES string of the molecule is COc1ccc(COc2cc(Cl)cc(Cl)c2)cc1B(O)O. The maximum atomic E-state index is 9.32. The molecule has 0 amide bonds. The van der Waals surface area contributed by atoms with Crippen LogP contribution in [0.15, 0.2) is 36.4 Å². The van der Waals surface area contributed by atoms with Crippen molar-refractivity contribution in [2.45, 2.75) is 6.61 Å². The number of benzene rings is 2. The van der Waals surface area contributed by atoms with Gasteiger partial charge in [-0.3, -0.25) is 0 Å². The highest BCUT2D eigenvalue weighted by molar-refractivity contribution is 6.59. The van der Waals surface area contributed by atoms with Crippen LogP contribution in [0.4, 0.5) is 0 Å². The normalized spacial score (nSPS) is 10.3. The molecule has 0 heterocycles. The number of hydrogen-bond acceptors (Lipinski definition) is 4. The van der Waals surface area contributed by atoms with Gasteiger partial charge in [-0.1, -0.05) is 35.3 Å². The zero-order valence-corrected chi connectivity index (χ0v) is 12.7. The fourth-order valence-electron chi connectivity index (χ4n) is 1.85. The van der Waals surface area contributed by atoms with Crippen LogP contribution in [-0.4, -0.2) is 24.3 Å². The molecule has 0 unspecified atom stereocenters. The van der Waals surface area contributed by atoms with Crippen molar-refractivity contribution in [3.8, 4) is 11.5 Å². The molecule has 0 aliphatic heterocycles. The van der Waals surface area contributed by atoms with E-state index in [4.69, 9.17) is 32.7 Å². The number of rotatable bonds is 5. The van der Waals surface area contributed by atoms with E-state index >= 15 is 0 Å². The van der Waals surface area contributed by atoms with Gasteiger partial charge in [-0.15, -0.1) is 0 Å². The van der Waals surface area contributed by atoms with Crippen LogP contribution in [-0.2, 0) is 6.61 Å². The largest absolute Gasteiger partial charge is 0.497 e. The minimum Gasteiger partial charge on any atom is -0.497 e. The van der Waals surface area contributed by atoms with Gasteiger partial charge in [0.25, 0.3) is 0 Å². The van der Waals surface area contributed by atoms with Crippen molar-refractivity contribution in [2.24, 2.45) is 0 Å². The van der Waals surface area contributed by atoms with Gasteiger partial charge in [0.05, 0.1) is 7.11 Å². The van der Waals surface area contributed by atoms with E-state index in [1.165, 1.54) is 7.11 Å². The summed E-state index contributed by atoms with van der Waals surface area (Å²) in [6.07, 6.45) is 0. The van der Waals surface area contributed by atoms with Crippen LogP contribution in [0.1, 0.15) is 5.56 Å². The predicted molar refractivity (Wildman–Crippen MR) is 83.6 cm³/mol. The van der Waals surface area contributed by atoms with E-state index in [1.807, 2.05) is 0 Å². The van der Waals surface area contributed by atoms with E-state index < -0.39 is 7.12 Å². The molecule has 110 valence electrons. The van der Waals surface area contributed by atoms with Crippen molar-refractivity contribution in [3.63, 3.8) is 0 Å². The Labute approximate surface area is 133 Å². The molecule has 0 atom stereocenters. The van der Waals surface area contributed by atoms with E-state index in [1.54, 1.807) is 36.4 Å². The summed E-state index contributed by atoms with van der Waals surface area (Å²) in [5, 5.41) is 19.6. The van der Waals surface area contributed by atoms with Gasteiger partial charge in [-0.2, -0.15) is 0 Å². The molecule has 2 N–H and O–H groups in total. The van der Waals surface area contributed by atoms with Gasteiger partial charge in [0.15, 0.2) is 0 Å². The Morgan fingerprint density at radius 3 is 2.29 bits per heavy atom. The molecule has 0 fully saturated rings. The number of methoxy groups -OCH3 is 1. The number of ether oxygens (including phenoxy) is 2. The molecule has 2 aromatic rings. The maximum Gasteiger partial charge on any atom is 0.492 e. The average Bonchev–Trinajstić information content (AvgIpc) is 2.43. The summed E-state index contributed by atoms with van der Waals surface area (Å²) in [5.74, 6) is 0.939. The van der Waals surface area contributed by atoms with Gasteiger partial charge in [0.2, 0.25) is 0 Å². The molecule has 0 radical (unpaired) electrons. The van der Waals surface area contributed by atoms with Crippen LogP contribution in [0.5, 0.6) is 11.5 Å². The Bertz CT molecular complexity index is 614. The third-order valence-corrected chi connectivity index (χ3v) is 3.25. The predicted octanol–water partition coefficient (Wildman–Crippen LogP) is 2.26. The highest BCUT2D eigenvalue weighted by atomic mass is 35.5. The van der Waals surface area contributed by atoms with Gasteiger partial charge in [-0.05, 0) is 29.8 Å². The van der Waals surface area contributed by atoms with Crippen LogP contribution < -0.4 is 14.9 Å². The molecule has 0 aliphatic rings. The Morgan fingerprint density at radius 1 is 1.05 bits per heavy atom. The topological polar surface area (TPSA) is 58.9 Å². The fraction of sp³-hybridized carbons (Fsp3) is 0.143. The molecular weight excluding hydrogens is 314 g/mol. The summed E-state index contributed by atoms with van der Waals surface area (Å²) in [4.78, 5) is 0. The molecule has 0 aromatic heterocycles. The van der Waals surface area contributed by atoms with E-state index in [0.717, 1.165) is 5.56 Å². The van der Waals surface area contributed by atoms with Gasteiger partial charge < -0.3 is 19.5 Å². The lowest BCUT2D eigenvalue weighted by molar-refractivity contribution is 0.306. The maximum absolute atomic E-state index is 9.32. The monoisotopic (exact) mass is 326 g/mol. The first-order valence-electron chi connectivity index (χ1n) is 6.11. The third-order valence-electron chi connectivity index (χ3n) is 2.81. The molecule has 2 aromatic carbocycles. The third kappa shape index (κ3) is 4.28. The summed E-state index contributed by atoms with van der Waals surface area (Å²) < 4.78 is 10.6. The lowest BCUT2D eigenvalue weighted by Crippen LogP contribution is -2.31. The minimum absolute atomic E-state index is 0.236. The van der Waals surface area contributed by atoms with Gasteiger partial charge in [0, 0.05) is 15.5 Å². The highest BCUT2D eigenvalue weighted by Gasteiger charge is 2.17. The first-order valence-corrected chi connectivity index (χ1v) is 6.87. The van der Waals surface area contributed by atoms with Crippen LogP contribution in [0.3, 0.4) is 0 Å². The summed E-state index contributed by atoms with van der Waals surface area (Å²) in [5.41, 5.74) is 1.04. The van der Waals surface area contributed by atoms with Gasteiger partial charge >= 0.3 is 7.12 Å². The van der Waals surface area contributed by atoms with Gasteiger partial charge in [0.1, 0.15) is 18.1 Å². The molecule has 4 nitrogen and oxygen atoms in total. The Kier molecular flexibility index (Phi) is 5.36. The van der Waals surface area contributed by atoms with Crippen molar-refractivity contribution in [1.82, 2.24) is 0 Å². The van der Waals surface area contributed by atoms with E-state index in [0.29, 0.717) is 21.5 Å². The molecular formula is C14H13BCl2O4. The second-order valence-electron chi connectivity index (χ2n) is 4.34. The Balaban J connectivity index is 2.14. The molecule has 0 saturated carbocycles. The van der Waals surface area contributed by atoms with Crippen LogP contribution in [0, 0.1) is 0 Å². The molecule has 0 saturated heterocycles. The van der Waals surface area contributed by atoms with Crippen molar-refractivity contribution < 1.29 is 19.5 Å². The lowest BCUT2D eigenvalue weighted by Gasteiger charge is -2.11. The van der Waals surface area contributed by atoms with Crippen molar-refractivity contribution in [3.05, 3.63) is 52.0 Å². The second kappa shape index (κ2) is 7.05.